The topological polar surface area (TPSA) is 68.3 Å². The van der Waals surface area contributed by atoms with Gasteiger partial charge < -0.3 is 23.8 Å². The molecule has 1 atom stereocenters. The number of carbonyl (C=O) groups excluding carboxylic acids is 2. The highest BCUT2D eigenvalue weighted by molar-refractivity contribution is 6.62. The Bertz CT molecular complexity index is 899. The zero-order valence-electron chi connectivity index (χ0n) is 21.0. The quantitative estimate of drug-likeness (QED) is 0.646. The van der Waals surface area contributed by atoms with E-state index in [1.807, 2.05) is 55.4 Å². The monoisotopic (exact) mass is 462 g/mol. The smallest absolute Gasteiger partial charge is 0.444 e. The standard InChI is InChI=1S/C24H36BFN2O5/c1-16-15-27(21(30)31-22(2,3)4)11-12-28(16)20(29)14-17-9-10-19(26)18(13-17)25-32-23(5,6)24(7,8)33-25/h9-10,13,16H,11-12,14-15H2,1-8H3/t16-/m1/s1. The van der Waals surface area contributed by atoms with Gasteiger partial charge in [0.1, 0.15) is 11.4 Å². The molecule has 0 aromatic heterocycles. The van der Waals surface area contributed by atoms with E-state index in [4.69, 9.17) is 14.0 Å². The molecule has 2 heterocycles. The van der Waals surface area contributed by atoms with E-state index in [1.54, 1.807) is 21.9 Å². The first-order valence-corrected chi connectivity index (χ1v) is 11.5. The van der Waals surface area contributed by atoms with Crippen molar-refractivity contribution in [2.75, 3.05) is 19.6 Å². The van der Waals surface area contributed by atoms with Crippen LogP contribution in [0.15, 0.2) is 18.2 Å². The molecule has 7 nitrogen and oxygen atoms in total. The summed E-state index contributed by atoms with van der Waals surface area (Å²) in [5.41, 5.74) is -0.752. The van der Waals surface area contributed by atoms with Crippen LogP contribution in [0.3, 0.4) is 0 Å². The Morgan fingerprint density at radius 3 is 2.30 bits per heavy atom. The molecule has 2 aliphatic heterocycles. The van der Waals surface area contributed by atoms with Gasteiger partial charge in [-0.25, -0.2) is 9.18 Å². The van der Waals surface area contributed by atoms with Gasteiger partial charge in [-0.15, -0.1) is 0 Å². The van der Waals surface area contributed by atoms with Crippen molar-refractivity contribution < 1.29 is 28.0 Å². The van der Waals surface area contributed by atoms with Crippen molar-refractivity contribution in [1.82, 2.24) is 9.80 Å². The molecule has 3 rings (SSSR count). The van der Waals surface area contributed by atoms with Crippen molar-refractivity contribution in [2.45, 2.75) is 84.7 Å². The normalized spacial score (nSPS) is 22.5. The molecule has 2 aliphatic rings. The number of halogens is 1. The lowest BCUT2D eigenvalue weighted by molar-refractivity contribution is -0.134. The number of hydrogen-bond acceptors (Lipinski definition) is 5. The van der Waals surface area contributed by atoms with Gasteiger partial charge in [0, 0.05) is 31.1 Å². The van der Waals surface area contributed by atoms with E-state index < -0.39 is 29.7 Å². The highest BCUT2D eigenvalue weighted by atomic mass is 19.1. The van der Waals surface area contributed by atoms with Gasteiger partial charge >= 0.3 is 13.2 Å². The maximum atomic E-state index is 14.6. The molecule has 2 saturated heterocycles. The first-order chi connectivity index (χ1) is 15.1. The zero-order chi connectivity index (χ0) is 24.8. The minimum absolute atomic E-state index is 0.0715. The zero-order valence-corrected chi connectivity index (χ0v) is 21.0. The maximum Gasteiger partial charge on any atom is 0.497 e. The number of carbonyl (C=O) groups is 2. The number of amides is 2. The van der Waals surface area contributed by atoms with Crippen LogP contribution in [0.4, 0.5) is 9.18 Å². The molecular weight excluding hydrogens is 426 g/mol. The second-order valence-electron chi connectivity index (χ2n) is 11.0. The molecular formula is C24H36BFN2O5. The second-order valence-corrected chi connectivity index (χ2v) is 11.0. The molecule has 0 saturated carbocycles. The predicted molar refractivity (Wildman–Crippen MR) is 125 cm³/mol. The van der Waals surface area contributed by atoms with Gasteiger partial charge in [0.25, 0.3) is 0 Å². The Balaban J connectivity index is 1.66. The van der Waals surface area contributed by atoms with Crippen LogP contribution in [0.5, 0.6) is 0 Å². The molecule has 0 bridgehead atoms. The van der Waals surface area contributed by atoms with Crippen LogP contribution in [0.2, 0.25) is 0 Å². The molecule has 2 amide bonds. The van der Waals surface area contributed by atoms with Gasteiger partial charge in [0.2, 0.25) is 5.91 Å². The van der Waals surface area contributed by atoms with Gasteiger partial charge in [-0.1, -0.05) is 12.1 Å². The lowest BCUT2D eigenvalue weighted by atomic mass is 9.77. The van der Waals surface area contributed by atoms with Gasteiger partial charge in [0.05, 0.1) is 17.6 Å². The fourth-order valence-electron chi connectivity index (χ4n) is 3.95. The maximum absolute atomic E-state index is 14.6. The first-order valence-electron chi connectivity index (χ1n) is 11.5. The van der Waals surface area contributed by atoms with Crippen LogP contribution in [0.1, 0.15) is 61.0 Å². The summed E-state index contributed by atoms with van der Waals surface area (Å²) in [7, 11) is -0.832. The fraction of sp³-hybridized carbons (Fsp3) is 0.667. The third-order valence-electron chi connectivity index (χ3n) is 6.52. The Labute approximate surface area is 196 Å². The third kappa shape index (κ3) is 5.69. The molecule has 1 aromatic rings. The summed E-state index contributed by atoms with van der Waals surface area (Å²) in [6, 6.07) is 4.47. The summed E-state index contributed by atoms with van der Waals surface area (Å²) >= 11 is 0. The Morgan fingerprint density at radius 2 is 1.76 bits per heavy atom. The number of piperazine rings is 1. The molecule has 0 spiro atoms. The molecule has 33 heavy (non-hydrogen) atoms. The van der Waals surface area contributed by atoms with Crippen molar-refractivity contribution in [3.05, 3.63) is 29.6 Å². The van der Waals surface area contributed by atoms with E-state index in [9.17, 15) is 14.0 Å². The average molecular weight is 462 g/mol. The fourth-order valence-corrected chi connectivity index (χ4v) is 3.95. The average Bonchev–Trinajstić information content (AvgIpc) is 2.88. The van der Waals surface area contributed by atoms with Crippen molar-refractivity contribution in [2.24, 2.45) is 0 Å². The Hall–Kier alpha value is -2.13. The third-order valence-corrected chi connectivity index (χ3v) is 6.52. The van der Waals surface area contributed by atoms with Gasteiger partial charge in [-0.05, 0) is 67.0 Å². The minimum Gasteiger partial charge on any atom is -0.444 e. The molecule has 0 radical (unpaired) electrons. The number of rotatable bonds is 3. The number of benzene rings is 1. The van der Waals surface area contributed by atoms with E-state index in [0.717, 1.165) is 0 Å². The predicted octanol–water partition coefficient (Wildman–Crippen LogP) is 3.14. The molecule has 2 fully saturated rings. The highest BCUT2D eigenvalue weighted by Gasteiger charge is 2.52. The van der Waals surface area contributed by atoms with Crippen molar-refractivity contribution >= 4 is 24.6 Å². The SMILES string of the molecule is C[C@@H]1CN(C(=O)OC(C)(C)C)CCN1C(=O)Cc1ccc(F)c(B2OC(C)(C)C(C)(C)O2)c1. The van der Waals surface area contributed by atoms with Crippen LogP contribution < -0.4 is 5.46 Å². The largest absolute Gasteiger partial charge is 0.497 e. The lowest BCUT2D eigenvalue weighted by Crippen LogP contribution is -2.56. The van der Waals surface area contributed by atoms with Crippen molar-refractivity contribution in [1.29, 1.82) is 0 Å². The van der Waals surface area contributed by atoms with E-state index in [0.29, 0.717) is 30.7 Å². The van der Waals surface area contributed by atoms with Crippen molar-refractivity contribution in [3.8, 4) is 0 Å². The van der Waals surface area contributed by atoms with Crippen LogP contribution in [0, 0.1) is 5.82 Å². The summed E-state index contributed by atoms with van der Waals surface area (Å²) in [6.07, 6.45) is -0.240. The number of ether oxygens (including phenoxy) is 1. The lowest BCUT2D eigenvalue weighted by Gasteiger charge is -2.40. The number of hydrogen-bond donors (Lipinski definition) is 0. The summed E-state index contributed by atoms with van der Waals surface area (Å²) in [6.45, 7) is 16.3. The van der Waals surface area contributed by atoms with E-state index in [-0.39, 0.29) is 24.5 Å². The summed E-state index contributed by atoms with van der Waals surface area (Å²) in [5, 5.41) is 0. The van der Waals surface area contributed by atoms with E-state index >= 15 is 0 Å². The van der Waals surface area contributed by atoms with Gasteiger partial charge in [-0.3, -0.25) is 4.79 Å². The molecule has 0 unspecified atom stereocenters. The molecule has 0 aliphatic carbocycles. The Morgan fingerprint density at radius 1 is 1.15 bits per heavy atom. The van der Waals surface area contributed by atoms with E-state index in [1.165, 1.54) is 6.07 Å². The van der Waals surface area contributed by atoms with Crippen LogP contribution in [0.25, 0.3) is 0 Å². The van der Waals surface area contributed by atoms with Crippen LogP contribution in [-0.4, -0.2) is 71.4 Å². The highest BCUT2D eigenvalue weighted by Crippen LogP contribution is 2.36. The minimum atomic E-state index is -0.832. The van der Waals surface area contributed by atoms with Crippen molar-refractivity contribution in [3.63, 3.8) is 0 Å². The van der Waals surface area contributed by atoms with Gasteiger partial charge in [0.15, 0.2) is 0 Å². The van der Waals surface area contributed by atoms with Crippen LogP contribution >= 0.6 is 0 Å². The molecule has 1 aromatic carbocycles. The molecule has 182 valence electrons. The summed E-state index contributed by atoms with van der Waals surface area (Å²) in [5.74, 6) is -0.498. The number of nitrogens with zero attached hydrogens (tertiary/aromatic N) is 2. The molecule has 0 N–H and O–H groups in total. The molecule has 9 heteroatoms. The summed E-state index contributed by atoms with van der Waals surface area (Å²) < 4.78 is 32.0. The first kappa shape index (κ1) is 25.5. The van der Waals surface area contributed by atoms with Gasteiger partial charge in [-0.2, -0.15) is 0 Å². The van der Waals surface area contributed by atoms with E-state index in [2.05, 4.69) is 0 Å². The second kappa shape index (κ2) is 8.91. The Kier molecular flexibility index (Phi) is 6.88. The summed E-state index contributed by atoms with van der Waals surface area (Å²) in [4.78, 5) is 28.8. The van der Waals surface area contributed by atoms with Crippen LogP contribution in [-0.2, 0) is 25.3 Å².